The highest BCUT2D eigenvalue weighted by atomic mass is 16.2. The highest BCUT2D eigenvalue weighted by Crippen LogP contribution is 2.15. The quantitative estimate of drug-likeness (QED) is 0.741. The average Bonchev–Trinajstić information content (AvgIpc) is 2.52. The molecule has 0 fully saturated rings. The Kier molecular flexibility index (Phi) is 5.29. The number of nitrogens with one attached hydrogen (secondary N) is 2. The van der Waals surface area contributed by atoms with Crippen molar-refractivity contribution in [3.05, 3.63) is 48.0 Å². The van der Waals surface area contributed by atoms with Gasteiger partial charge in [-0.3, -0.25) is 9.59 Å². The minimum absolute atomic E-state index is 0.112. The molecule has 4 N–H and O–H groups in total. The van der Waals surface area contributed by atoms with E-state index in [9.17, 15) is 9.59 Å². The molecule has 0 saturated heterocycles. The van der Waals surface area contributed by atoms with Crippen LogP contribution in [0.4, 0.5) is 0 Å². The second-order valence-corrected chi connectivity index (χ2v) is 4.71. The molecule has 0 heterocycles. The summed E-state index contributed by atoms with van der Waals surface area (Å²) in [4.78, 5) is 23.4. The molecule has 2 aromatic rings. The number of amides is 2. The van der Waals surface area contributed by atoms with Crippen LogP contribution < -0.4 is 16.4 Å². The molecule has 5 nitrogen and oxygen atoms in total. The number of carbonyl (C=O) groups is 2. The number of rotatable bonds is 6. The lowest BCUT2D eigenvalue weighted by Gasteiger charge is -2.07. The fraction of sp³-hybridized carbons (Fsp3) is 0.250. The zero-order valence-electron chi connectivity index (χ0n) is 11.8. The van der Waals surface area contributed by atoms with Crippen LogP contribution in [-0.4, -0.2) is 31.4 Å². The number of fused-ring (bicyclic) bond motifs is 1. The molecule has 2 aromatic carbocycles. The zero-order valence-corrected chi connectivity index (χ0v) is 11.8. The topological polar surface area (TPSA) is 84.2 Å². The molecule has 110 valence electrons. The standard InChI is InChI=1S/C16H19N3O2/c17-8-10-18-15(20)7-9-19-16(21)14-6-5-12-3-1-2-4-13(12)11-14/h1-6,11H,7-10,17H2,(H,18,20)(H,19,21). The van der Waals surface area contributed by atoms with Gasteiger partial charge < -0.3 is 16.4 Å². The second kappa shape index (κ2) is 7.40. The third-order valence-corrected chi connectivity index (χ3v) is 3.12. The molecule has 0 bridgehead atoms. The van der Waals surface area contributed by atoms with E-state index in [2.05, 4.69) is 10.6 Å². The predicted octanol–water partition coefficient (Wildman–Crippen LogP) is 1.03. The Balaban J connectivity index is 1.88. The van der Waals surface area contributed by atoms with E-state index in [1.54, 1.807) is 6.07 Å². The molecule has 0 aliphatic heterocycles. The number of hydrogen-bond donors (Lipinski definition) is 3. The first kappa shape index (κ1) is 15.0. The van der Waals surface area contributed by atoms with Crippen molar-refractivity contribution >= 4 is 22.6 Å². The molecule has 0 aromatic heterocycles. The maximum absolute atomic E-state index is 12.0. The summed E-state index contributed by atoms with van der Waals surface area (Å²) in [7, 11) is 0. The molecule has 5 heteroatoms. The predicted molar refractivity (Wildman–Crippen MR) is 83.0 cm³/mol. The van der Waals surface area contributed by atoms with Gasteiger partial charge >= 0.3 is 0 Å². The van der Waals surface area contributed by atoms with E-state index in [0.717, 1.165) is 10.8 Å². The number of carbonyl (C=O) groups excluding carboxylic acids is 2. The summed E-state index contributed by atoms with van der Waals surface area (Å²) < 4.78 is 0. The summed E-state index contributed by atoms with van der Waals surface area (Å²) in [5, 5.41) is 7.51. The number of nitrogens with two attached hydrogens (primary N) is 1. The van der Waals surface area contributed by atoms with Gasteiger partial charge in [-0.2, -0.15) is 0 Å². The van der Waals surface area contributed by atoms with E-state index < -0.39 is 0 Å². The van der Waals surface area contributed by atoms with Crippen LogP contribution in [0.1, 0.15) is 16.8 Å². The van der Waals surface area contributed by atoms with Crippen molar-refractivity contribution in [2.45, 2.75) is 6.42 Å². The van der Waals surface area contributed by atoms with E-state index in [1.165, 1.54) is 0 Å². The first-order valence-electron chi connectivity index (χ1n) is 6.94. The van der Waals surface area contributed by atoms with Gasteiger partial charge in [0.25, 0.3) is 5.91 Å². The van der Waals surface area contributed by atoms with E-state index >= 15 is 0 Å². The van der Waals surface area contributed by atoms with Crippen molar-refractivity contribution in [3.8, 4) is 0 Å². The minimum atomic E-state index is -0.174. The fourth-order valence-electron chi connectivity index (χ4n) is 2.02. The summed E-state index contributed by atoms with van der Waals surface area (Å²) in [6.07, 6.45) is 0.249. The van der Waals surface area contributed by atoms with Crippen LogP contribution in [0.2, 0.25) is 0 Å². The highest BCUT2D eigenvalue weighted by Gasteiger charge is 2.07. The Bertz CT molecular complexity index is 640. The van der Waals surface area contributed by atoms with E-state index in [1.807, 2.05) is 36.4 Å². The smallest absolute Gasteiger partial charge is 0.251 e. The van der Waals surface area contributed by atoms with Crippen molar-refractivity contribution < 1.29 is 9.59 Å². The maximum Gasteiger partial charge on any atom is 0.251 e. The Morgan fingerprint density at radius 3 is 2.48 bits per heavy atom. The molecule has 0 aliphatic carbocycles. The average molecular weight is 285 g/mol. The van der Waals surface area contributed by atoms with Gasteiger partial charge in [0, 0.05) is 31.6 Å². The first-order valence-corrected chi connectivity index (χ1v) is 6.94. The number of benzene rings is 2. The first-order chi connectivity index (χ1) is 10.2. The molecule has 0 unspecified atom stereocenters. The van der Waals surface area contributed by atoms with E-state index in [-0.39, 0.29) is 18.2 Å². The molecule has 2 amide bonds. The van der Waals surface area contributed by atoms with Crippen LogP contribution in [0.15, 0.2) is 42.5 Å². The van der Waals surface area contributed by atoms with Crippen molar-refractivity contribution in [1.82, 2.24) is 10.6 Å². The normalized spacial score (nSPS) is 10.3. The molecule has 21 heavy (non-hydrogen) atoms. The van der Waals surface area contributed by atoms with Crippen molar-refractivity contribution in [2.24, 2.45) is 5.73 Å². The van der Waals surface area contributed by atoms with E-state index in [0.29, 0.717) is 25.2 Å². The molecule has 0 atom stereocenters. The maximum atomic E-state index is 12.0. The van der Waals surface area contributed by atoms with Gasteiger partial charge in [-0.1, -0.05) is 30.3 Å². The number of hydrogen-bond acceptors (Lipinski definition) is 3. The lowest BCUT2D eigenvalue weighted by molar-refractivity contribution is -0.120. The van der Waals surface area contributed by atoms with Gasteiger partial charge in [0.1, 0.15) is 0 Å². The molecule has 0 saturated carbocycles. The van der Waals surface area contributed by atoms with Gasteiger partial charge in [-0.05, 0) is 22.9 Å². The monoisotopic (exact) mass is 285 g/mol. The van der Waals surface area contributed by atoms with Gasteiger partial charge in [0.2, 0.25) is 5.91 Å². The summed E-state index contributed by atoms with van der Waals surface area (Å²) in [6, 6.07) is 13.4. The summed E-state index contributed by atoms with van der Waals surface area (Å²) in [5.74, 6) is -0.286. The third kappa shape index (κ3) is 4.29. The van der Waals surface area contributed by atoms with Crippen molar-refractivity contribution in [1.29, 1.82) is 0 Å². The van der Waals surface area contributed by atoms with Crippen LogP contribution in [0, 0.1) is 0 Å². The van der Waals surface area contributed by atoms with Gasteiger partial charge in [-0.25, -0.2) is 0 Å². The van der Waals surface area contributed by atoms with Gasteiger partial charge in [0.15, 0.2) is 0 Å². The van der Waals surface area contributed by atoms with Gasteiger partial charge in [-0.15, -0.1) is 0 Å². The van der Waals surface area contributed by atoms with Crippen molar-refractivity contribution in [2.75, 3.05) is 19.6 Å². The third-order valence-electron chi connectivity index (χ3n) is 3.12. The molecule has 0 spiro atoms. The minimum Gasteiger partial charge on any atom is -0.355 e. The highest BCUT2D eigenvalue weighted by molar-refractivity contribution is 5.98. The molecular formula is C16H19N3O2. The van der Waals surface area contributed by atoms with Gasteiger partial charge in [0.05, 0.1) is 0 Å². The largest absolute Gasteiger partial charge is 0.355 e. The van der Waals surface area contributed by atoms with Crippen LogP contribution in [0.3, 0.4) is 0 Å². The van der Waals surface area contributed by atoms with Crippen LogP contribution in [0.25, 0.3) is 10.8 Å². The fourth-order valence-corrected chi connectivity index (χ4v) is 2.02. The SMILES string of the molecule is NCCNC(=O)CCNC(=O)c1ccc2ccccc2c1. The Morgan fingerprint density at radius 2 is 1.71 bits per heavy atom. The van der Waals surface area contributed by atoms with Crippen molar-refractivity contribution in [3.63, 3.8) is 0 Å². The van der Waals surface area contributed by atoms with E-state index in [4.69, 9.17) is 5.73 Å². The summed E-state index contributed by atoms with van der Waals surface area (Å²) in [5.41, 5.74) is 5.88. The lowest BCUT2D eigenvalue weighted by atomic mass is 10.1. The Labute approximate surface area is 123 Å². The Hall–Kier alpha value is -2.40. The lowest BCUT2D eigenvalue weighted by Crippen LogP contribution is -2.33. The van der Waals surface area contributed by atoms with Crippen LogP contribution in [0.5, 0.6) is 0 Å². The molecule has 2 rings (SSSR count). The summed E-state index contributed by atoms with van der Waals surface area (Å²) >= 11 is 0. The van der Waals surface area contributed by atoms with Crippen LogP contribution >= 0.6 is 0 Å². The second-order valence-electron chi connectivity index (χ2n) is 4.71. The molecule has 0 radical (unpaired) electrons. The van der Waals surface area contributed by atoms with Crippen LogP contribution in [-0.2, 0) is 4.79 Å². The summed E-state index contributed by atoms with van der Waals surface area (Å²) in [6.45, 7) is 1.18. The Morgan fingerprint density at radius 1 is 0.952 bits per heavy atom. The molecule has 0 aliphatic rings. The molecular weight excluding hydrogens is 266 g/mol. The zero-order chi connectivity index (χ0) is 15.1.